The third kappa shape index (κ3) is 2.41. The minimum Gasteiger partial charge on any atom is -0.286 e. The highest BCUT2D eigenvalue weighted by Crippen LogP contribution is 2.52. The van der Waals surface area contributed by atoms with E-state index in [2.05, 4.69) is 46.8 Å². The minimum atomic E-state index is 0.122. The molecular formula is C17H29N. The summed E-state index contributed by atoms with van der Waals surface area (Å²) in [5, 5.41) is 0. The third-order valence-electron chi connectivity index (χ3n) is 5.65. The summed E-state index contributed by atoms with van der Waals surface area (Å²) in [7, 11) is 0. The fraction of sp³-hybridized carbons (Fsp3) is 0.824. The van der Waals surface area contributed by atoms with E-state index >= 15 is 0 Å². The van der Waals surface area contributed by atoms with E-state index in [1.54, 1.807) is 0 Å². The SMILES string of the molecule is CC12CC(C)(C(C)(C)C)CCCCC1C=CC=N2. The molecule has 2 aliphatic rings. The topological polar surface area (TPSA) is 12.4 Å². The normalized spacial score (nSPS) is 41.1. The van der Waals surface area contributed by atoms with Gasteiger partial charge in [-0.05, 0) is 43.1 Å². The highest BCUT2D eigenvalue weighted by Gasteiger charge is 2.46. The Morgan fingerprint density at radius 2 is 1.89 bits per heavy atom. The molecule has 1 fully saturated rings. The van der Waals surface area contributed by atoms with Gasteiger partial charge in [-0.25, -0.2) is 0 Å². The van der Waals surface area contributed by atoms with E-state index in [4.69, 9.17) is 4.99 Å². The zero-order valence-corrected chi connectivity index (χ0v) is 12.8. The Hall–Kier alpha value is -0.590. The van der Waals surface area contributed by atoms with Gasteiger partial charge in [0.05, 0.1) is 5.54 Å². The lowest BCUT2D eigenvalue weighted by molar-refractivity contribution is 0.0354. The second kappa shape index (κ2) is 4.51. The van der Waals surface area contributed by atoms with Crippen molar-refractivity contribution in [3.63, 3.8) is 0 Å². The number of dihydropyridines is 1. The minimum absolute atomic E-state index is 0.122. The van der Waals surface area contributed by atoms with E-state index < -0.39 is 0 Å². The summed E-state index contributed by atoms with van der Waals surface area (Å²) < 4.78 is 0. The first-order chi connectivity index (χ1) is 8.27. The molecule has 0 saturated heterocycles. The predicted molar refractivity (Wildman–Crippen MR) is 80.2 cm³/mol. The van der Waals surface area contributed by atoms with Gasteiger partial charge >= 0.3 is 0 Å². The molecule has 2 rings (SSSR count). The predicted octanol–water partition coefficient (Wildman–Crippen LogP) is 5.02. The first-order valence-corrected chi connectivity index (χ1v) is 7.49. The fourth-order valence-electron chi connectivity index (χ4n) is 3.68. The van der Waals surface area contributed by atoms with Gasteiger partial charge in [0.1, 0.15) is 0 Å². The lowest BCUT2D eigenvalue weighted by Crippen LogP contribution is -2.45. The molecule has 0 amide bonds. The highest BCUT2D eigenvalue weighted by molar-refractivity contribution is 5.73. The molecule has 1 nitrogen and oxygen atoms in total. The van der Waals surface area contributed by atoms with Crippen LogP contribution in [-0.2, 0) is 0 Å². The number of nitrogens with zero attached hydrogens (tertiary/aromatic N) is 1. The Morgan fingerprint density at radius 1 is 1.17 bits per heavy atom. The maximum Gasteiger partial charge on any atom is 0.0647 e. The van der Waals surface area contributed by atoms with E-state index in [0.717, 1.165) is 0 Å². The molecule has 1 saturated carbocycles. The van der Waals surface area contributed by atoms with Gasteiger partial charge in [-0.1, -0.05) is 46.6 Å². The van der Waals surface area contributed by atoms with E-state index in [-0.39, 0.29) is 5.54 Å². The number of hydrogen-bond acceptors (Lipinski definition) is 1. The average Bonchev–Trinajstić information content (AvgIpc) is 2.22. The number of aliphatic imine (C=N–C) groups is 1. The zero-order valence-electron chi connectivity index (χ0n) is 12.8. The largest absolute Gasteiger partial charge is 0.286 e. The van der Waals surface area contributed by atoms with Crippen molar-refractivity contribution in [1.29, 1.82) is 0 Å². The Labute approximate surface area is 113 Å². The molecule has 0 radical (unpaired) electrons. The summed E-state index contributed by atoms with van der Waals surface area (Å²) in [6.45, 7) is 12.0. The molecule has 0 aromatic rings. The lowest BCUT2D eigenvalue weighted by atomic mass is 9.57. The molecule has 18 heavy (non-hydrogen) atoms. The molecule has 3 atom stereocenters. The molecule has 1 heterocycles. The summed E-state index contributed by atoms with van der Waals surface area (Å²) >= 11 is 0. The molecule has 1 heteroatoms. The van der Waals surface area contributed by atoms with Gasteiger partial charge in [0.2, 0.25) is 0 Å². The van der Waals surface area contributed by atoms with Crippen LogP contribution in [0.15, 0.2) is 17.1 Å². The average molecular weight is 247 g/mol. The van der Waals surface area contributed by atoms with Crippen molar-refractivity contribution in [2.24, 2.45) is 21.7 Å². The van der Waals surface area contributed by atoms with Crippen molar-refractivity contribution in [2.75, 3.05) is 0 Å². The van der Waals surface area contributed by atoms with Crippen molar-refractivity contribution in [2.45, 2.75) is 72.3 Å². The first kappa shape index (κ1) is 13.8. The van der Waals surface area contributed by atoms with Crippen LogP contribution in [0, 0.1) is 16.7 Å². The van der Waals surface area contributed by atoms with Crippen LogP contribution >= 0.6 is 0 Å². The second-order valence-electron chi connectivity index (χ2n) is 7.86. The van der Waals surface area contributed by atoms with Crippen LogP contribution < -0.4 is 0 Å². The van der Waals surface area contributed by atoms with Crippen molar-refractivity contribution >= 4 is 6.21 Å². The van der Waals surface area contributed by atoms with Crippen LogP contribution in [0.4, 0.5) is 0 Å². The van der Waals surface area contributed by atoms with Crippen LogP contribution in [0.2, 0.25) is 0 Å². The summed E-state index contributed by atoms with van der Waals surface area (Å²) in [4.78, 5) is 4.88. The molecule has 1 aliphatic heterocycles. The van der Waals surface area contributed by atoms with Gasteiger partial charge in [-0.15, -0.1) is 0 Å². The summed E-state index contributed by atoms with van der Waals surface area (Å²) in [5.74, 6) is 0.643. The van der Waals surface area contributed by atoms with Gasteiger partial charge in [-0.2, -0.15) is 0 Å². The lowest BCUT2D eigenvalue weighted by Gasteiger charge is -2.50. The van der Waals surface area contributed by atoms with Gasteiger partial charge in [0, 0.05) is 12.1 Å². The smallest absolute Gasteiger partial charge is 0.0647 e. The van der Waals surface area contributed by atoms with Gasteiger partial charge in [-0.3, -0.25) is 4.99 Å². The Kier molecular flexibility index (Phi) is 3.46. The van der Waals surface area contributed by atoms with Gasteiger partial charge < -0.3 is 0 Å². The van der Waals surface area contributed by atoms with Crippen LogP contribution in [0.1, 0.15) is 66.7 Å². The third-order valence-corrected chi connectivity index (χ3v) is 5.65. The number of hydrogen-bond donors (Lipinski definition) is 0. The van der Waals surface area contributed by atoms with Crippen LogP contribution in [-0.4, -0.2) is 11.8 Å². The Balaban J connectivity index is 2.31. The van der Waals surface area contributed by atoms with E-state index in [9.17, 15) is 0 Å². The van der Waals surface area contributed by atoms with E-state index in [1.165, 1.54) is 32.1 Å². The molecule has 0 aromatic heterocycles. The van der Waals surface area contributed by atoms with Crippen molar-refractivity contribution in [3.8, 4) is 0 Å². The number of allylic oxidation sites excluding steroid dienone is 1. The van der Waals surface area contributed by atoms with Crippen molar-refractivity contribution in [3.05, 3.63) is 12.2 Å². The van der Waals surface area contributed by atoms with E-state index in [1.807, 2.05) is 6.21 Å². The molecule has 0 spiro atoms. The van der Waals surface area contributed by atoms with Gasteiger partial charge in [0.15, 0.2) is 0 Å². The molecule has 0 bridgehead atoms. The second-order valence-corrected chi connectivity index (χ2v) is 7.86. The van der Waals surface area contributed by atoms with E-state index in [0.29, 0.717) is 16.7 Å². The number of fused-ring (bicyclic) bond motifs is 1. The monoisotopic (exact) mass is 247 g/mol. The summed E-state index contributed by atoms with van der Waals surface area (Å²) in [5.41, 5.74) is 0.870. The van der Waals surface area contributed by atoms with Crippen LogP contribution in [0.5, 0.6) is 0 Å². The molecule has 0 N–H and O–H groups in total. The van der Waals surface area contributed by atoms with Gasteiger partial charge in [0.25, 0.3) is 0 Å². The molecule has 1 aliphatic carbocycles. The Bertz CT molecular complexity index is 360. The quantitative estimate of drug-likeness (QED) is 0.570. The van der Waals surface area contributed by atoms with Crippen LogP contribution in [0.3, 0.4) is 0 Å². The zero-order chi connectivity index (χ0) is 13.4. The highest BCUT2D eigenvalue weighted by atomic mass is 14.9. The maximum atomic E-state index is 4.88. The maximum absolute atomic E-state index is 4.88. The van der Waals surface area contributed by atoms with Crippen LogP contribution in [0.25, 0.3) is 0 Å². The first-order valence-electron chi connectivity index (χ1n) is 7.49. The molecule has 0 aromatic carbocycles. The van der Waals surface area contributed by atoms with Crippen molar-refractivity contribution in [1.82, 2.24) is 0 Å². The summed E-state index contributed by atoms with van der Waals surface area (Å²) in [6.07, 6.45) is 13.1. The summed E-state index contributed by atoms with van der Waals surface area (Å²) in [6, 6.07) is 0. The number of rotatable bonds is 0. The van der Waals surface area contributed by atoms with Crippen molar-refractivity contribution < 1.29 is 0 Å². The molecule has 102 valence electrons. The Morgan fingerprint density at radius 3 is 2.56 bits per heavy atom. The standard InChI is InChI=1S/C17H29N/c1-15(2,3)16(4)11-7-6-9-14-10-8-12-18-17(14,5)13-16/h8,10,12,14H,6-7,9,11,13H2,1-5H3. The fourth-order valence-corrected chi connectivity index (χ4v) is 3.68. The molecular weight excluding hydrogens is 218 g/mol. The molecule has 3 unspecified atom stereocenters.